The van der Waals surface area contributed by atoms with E-state index in [2.05, 4.69) is 42.5 Å². The van der Waals surface area contributed by atoms with Gasteiger partial charge in [-0.05, 0) is 48.9 Å². The average molecular weight is 474 g/mol. The van der Waals surface area contributed by atoms with Crippen molar-refractivity contribution in [3.05, 3.63) is 56.7 Å². The summed E-state index contributed by atoms with van der Waals surface area (Å²) in [5.41, 5.74) is 1.55. The Balaban J connectivity index is 1.78. The van der Waals surface area contributed by atoms with Crippen LogP contribution in [0, 0.1) is 12.7 Å². The zero-order valence-electron chi connectivity index (χ0n) is 13.2. The molecule has 2 aromatic carbocycles. The summed E-state index contributed by atoms with van der Waals surface area (Å²) in [6.07, 6.45) is 0. The summed E-state index contributed by atoms with van der Waals surface area (Å²) in [7, 11) is 0. The number of nitrogens with one attached hydrogen (secondary N) is 2. The molecule has 0 saturated carbocycles. The maximum atomic E-state index is 13.6. The molecule has 0 unspecified atom stereocenters. The zero-order valence-corrected chi connectivity index (χ0v) is 16.4. The second-order valence-electron chi connectivity index (χ2n) is 5.15. The van der Waals surface area contributed by atoms with Crippen LogP contribution in [0.5, 0.6) is 5.75 Å². The van der Waals surface area contributed by atoms with Crippen LogP contribution in [-0.2, 0) is 9.59 Å². The molecule has 2 N–H and O–H groups in total. The van der Waals surface area contributed by atoms with Crippen molar-refractivity contribution < 1.29 is 18.7 Å². The number of hydrogen-bond donors (Lipinski definition) is 2. The van der Waals surface area contributed by atoms with E-state index >= 15 is 0 Å². The van der Waals surface area contributed by atoms with Gasteiger partial charge >= 0.3 is 0 Å². The van der Waals surface area contributed by atoms with E-state index < -0.39 is 11.7 Å². The van der Waals surface area contributed by atoms with Gasteiger partial charge in [-0.15, -0.1) is 0 Å². The summed E-state index contributed by atoms with van der Waals surface area (Å²) in [6.45, 7) is 1.27. The van der Waals surface area contributed by atoms with Gasteiger partial charge < -0.3 is 15.4 Å². The summed E-state index contributed by atoms with van der Waals surface area (Å²) < 4.78 is 20.1. The van der Waals surface area contributed by atoms with Crippen LogP contribution in [0.3, 0.4) is 0 Å². The molecule has 0 aliphatic carbocycles. The van der Waals surface area contributed by atoms with Crippen molar-refractivity contribution in [1.82, 2.24) is 5.32 Å². The molecule has 0 fully saturated rings. The highest BCUT2D eigenvalue weighted by Gasteiger charge is 2.10. The Kier molecular flexibility index (Phi) is 6.95. The topological polar surface area (TPSA) is 67.4 Å². The van der Waals surface area contributed by atoms with Crippen LogP contribution in [0.15, 0.2) is 45.3 Å². The minimum absolute atomic E-state index is 0.0340. The first kappa shape index (κ1) is 19.4. The SMILES string of the molecule is Cc1cc(Br)ccc1NC(=O)CNC(=O)COc1ccc(Br)cc1F. The maximum absolute atomic E-state index is 13.6. The largest absolute Gasteiger partial charge is 0.481 e. The molecule has 8 heteroatoms. The second kappa shape index (κ2) is 8.96. The van der Waals surface area contributed by atoms with Gasteiger partial charge in [0.05, 0.1) is 6.54 Å². The van der Waals surface area contributed by atoms with Crippen LogP contribution < -0.4 is 15.4 Å². The lowest BCUT2D eigenvalue weighted by Gasteiger charge is -2.10. The van der Waals surface area contributed by atoms with Gasteiger partial charge in [0.25, 0.3) is 5.91 Å². The highest BCUT2D eigenvalue weighted by atomic mass is 79.9. The quantitative estimate of drug-likeness (QED) is 0.670. The Hall–Kier alpha value is -1.93. The van der Waals surface area contributed by atoms with Crippen molar-refractivity contribution in [2.75, 3.05) is 18.5 Å². The second-order valence-corrected chi connectivity index (χ2v) is 6.98. The smallest absolute Gasteiger partial charge is 0.258 e. The Morgan fingerprint density at radius 1 is 1.08 bits per heavy atom. The van der Waals surface area contributed by atoms with Crippen LogP contribution in [0.25, 0.3) is 0 Å². The molecule has 25 heavy (non-hydrogen) atoms. The summed E-state index contributed by atoms with van der Waals surface area (Å²) in [5, 5.41) is 5.12. The maximum Gasteiger partial charge on any atom is 0.258 e. The first-order chi connectivity index (χ1) is 11.8. The van der Waals surface area contributed by atoms with E-state index in [1.54, 1.807) is 12.1 Å². The van der Waals surface area contributed by atoms with E-state index in [0.717, 1.165) is 10.0 Å². The molecule has 2 rings (SSSR count). The first-order valence-electron chi connectivity index (χ1n) is 7.25. The van der Waals surface area contributed by atoms with E-state index in [-0.39, 0.29) is 24.8 Å². The monoisotopic (exact) mass is 472 g/mol. The molecule has 0 aliphatic rings. The van der Waals surface area contributed by atoms with Gasteiger partial charge in [0, 0.05) is 14.6 Å². The normalized spacial score (nSPS) is 10.2. The molecular formula is C17H15Br2FN2O3. The predicted molar refractivity (Wildman–Crippen MR) is 100 cm³/mol. The van der Waals surface area contributed by atoms with E-state index in [0.29, 0.717) is 10.2 Å². The van der Waals surface area contributed by atoms with Gasteiger partial charge in [-0.3, -0.25) is 9.59 Å². The van der Waals surface area contributed by atoms with Crippen LogP contribution in [0.2, 0.25) is 0 Å². The number of aryl methyl sites for hydroxylation is 1. The van der Waals surface area contributed by atoms with Gasteiger partial charge in [0.2, 0.25) is 5.91 Å². The lowest BCUT2D eigenvalue weighted by Crippen LogP contribution is -2.35. The highest BCUT2D eigenvalue weighted by Crippen LogP contribution is 2.21. The number of carbonyl (C=O) groups is 2. The number of halogens is 3. The molecule has 0 heterocycles. The number of benzene rings is 2. The zero-order chi connectivity index (χ0) is 18.4. The first-order valence-corrected chi connectivity index (χ1v) is 8.84. The van der Waals surface area contributed by atoms with Gasteiger partial charge in [-0.2, -0.15) is 0 Å². The number of anilines is 1. The van der Waals surface area contributed by atoms with Crippen molar-refractivity contribution in [3.63, 3.8) is 0 Å². The van der Waals surface area contributed by atoms with Gasteiger partial charge in [0.1, 0.15) is 0 Å². The van der Waals surface area contributed by atoms with Gasteiger partial charge in [-0.25, -0.2) is 4.39 Å². The summed E-state index contributed by atoms with van der Waals surface area (Å²) in [4.78, 5) is 23.6. The van der Waals surface area contributed by atoms with Crippen LogP contribution in [0.4, 0.5) is 10.1 Å². The Labute approximate surface area is 161 Å². The number of amides is 2. The molecule has 0 spiro atoms. The minimum atomic E-state index is -0.578. The van der Waals surface area contributed by atoms with Gasteiger partial charge in [0.15, 0.2) is 18.2 Å². The molecule has 5 nitrogen and oxygen atoms in total. The third kappa shape index (κ3) is 6.13. The molecule has 0 saturated heterocycles. The van der Waals surface area contributed by atoms with Crippen molar-refractivity contribution in [2.45, 2.75) is 6.92 Å². The third-order valence-corrected chi connectivity index (χ3v) is 4.15. The summed E-state index contributed by atoms with van der Waals surface area (Å²) in [6, 6.07) is 9.69. The molecule has 2 amide bonds. The summed E-state index contributed by atoms with van der Waals surface area (Å²) >= 11 is 6.48. The van der Waals surface area contributed by atoms with Crippen LogP contribution >= 0.6 is 31.9 Å². The fraction of sp³-hybridized carbons (Fsp3) is 0.176. The third-order valence-electron chi connectivity index (χ3n) is 3.16. The van der Waals surface area contributed by atoms with Crippen molar-refractivity contribution >= 4 is 49.4 Å². The summed E-state index contributed by atoms with van der Waals surface area (Å²) in [5.74, 6) is -1.50. The molecule has 0 bridgehead atoms. The van der Waals surface area contributed by atoms with E-state index in [1.165, 1.54) is 12.1 Å². The number of carbonyl (C=O) groups excluding carboxylic acids is 2. The van der Waals surface area contributed by atoms with Crippen LogP contribution in [0.1, 0.15) is 5.56 Å². The standard InChI is InChI=1S/C17H15Br2FN2O3/c1-10-6-11(18)2-4-14(10)22-16(23)8-21-17(24)9-25-15-5-3-12(19)7-13(15)20/h2-7H,8-9H2,1H3,(H,21,24)(H,22,23). The van der Waals surface area contributed by atoms with Crippen molar-refractivity contribution in [1.29, 1.82) is 0 Å². The molecule has 0 radical (unpaired) electrons. The minimum Gasteiger partial charge on any atom is -0.481 e. The molecule has 0 aliphatic heterocycles. The Morgan fingerprint density at radius 2 is 1.76 bits per heavy atom. The van der Waals surface area contributed by atoms with Gasteiger partial charge in [-0.1, -0.05) is 31.9 Å². The number of rotatable bonds is 6. The lowest BCUT2D eigenvalue weighted by molar-refractivity contribution is -0.125. The number of ether oxygens (including phenoxy) is 1. The van der Waals surface area contributed by atoms with Crippen molar-refractivity contribution in [3.8, 4) is 5.75 Å². The molecule has 2 aromatic rings. The fourth-order valence-corrected chi connectivity index (χ4v) is 2.74. The van der Waals surface area contributed by atoms with E-state index in [4.69, 9.17) is 4.74 Å². The van der Waals surface area contributed by atoms with Crippen LogP contribution in [-0.4, -0.2) is 25.0 Å². The lowest BCUT2D eigenvalue weighted by atomic mass is 10.2. The Bertz CT molecular complexity index is 799. The van der Waals surface area contributed by atoms with Crippen molar-refractivity contribution in [2.24, 2.45) is 0 Å². The van der Waals surface area contributed by atoms with E-state index in [1.807, 2.05) is 19.1 Å². The molecule has 0 atom stereocenters. The molecule has 0 aromatic heterocycles. The molecular weight excluding hydrogens is 459 g/mol. The highest BCUT2D eigenvalue weighted by molar-refractivity contribution is 9.10. The fourth-order valence-electron chi connectivity index (χ4n) is 1.93. The average Bonchev–Trinajstić information content (AvgIpc) is 2.55. The molecule has 132 valence electrons. The predicted octanol–water partition coefficient (Wildman–Crippen LogP) is 3.79. The number of hydrogen-bond acceptors (Lipinski definition) is 3. The van der Waals surface area contributed by atoms with E-state index in [9.17, 15) is 14.0 Å². The Morgan fingerprint density at radius 3 is 2.44 bits per heavy atom.